The van der Waals surface area contributed by atoms with Crippen LogP contribution < -0.4 is 16.0 Å². The van der Waals surface area contributed by atoms with Crippen molar-refractivity contribution in [1.82, 2.24) is 0 Å². The van der Waals surface area contributed by atoms with Crippen LogP contribution in [0.5, 0.6) is 0 Å². The summed E-state index contributed by atoms with van der Waals surface area (Å²) in [4.78, 5) is 36.8. The SMILES string of the molecule is O=C1C[C@@H](C(=O)Nc2cccc(NC(=O)c3ccco3)c2)c2ccc(F)cc2N1. The highest BCUT2D eigenvalue weighted by atomic mass is 19.1. The molecule has 3 amide bonds. The molecule has 2 aromatic carbocycles. The fraction of sp³-hybridized carbons (Fsp3) is 0.0952. The number of hydrogen-bond acceptors (Lipinski definition) is 4. The van der Waals surface area contributed by atoms with Crippen molar-refractivity contribution in [3.05, 3.63) is 78.0 Å². The number of fused-ring (bicyclic) bond motifs is 1. The zero-order valence-corrected chi connectivity index (χ0v) is 15.1. The molecule has 3 aromatic rings. The summed E-state index contributed by atoms with van der Waals surface area (Å²) in [7, 11) is 0. The molecule has 3 N–H and O–H groups in total. The Bertz CT molecular complexity index is 1100. The molecule has 0 saturated carbocycles. The van der Waals surface area contributed by atoms with E-state index in [1.54, 1.807) is 30.3 Å². The lowest BCUT2D eigenvalue weighted by molar-refractivity contribution is -0.123. The van der Waals surface area contributed by atoms with E-state index in [1.165, 1.54) is 30.5 Å². The first-order valence-electron chi connectivity index (χ1n) is 8.85. The summed E-state index contributed by atoms with van der Waals surface area (Å²) >= 11 is 0. The minimum Gasteiger partial charge on any atom is -0.459 e. The number of furan rings is 1. The summed E-state index contributed by atoms with van der Waals surface area (Å²) in [5, 5.41) is 8.00. The topological polar surface area (TPSA) is 100 Å². The average Bonchev–Trinajstić information content (AvgIpc) is 3.22. The Morgan fingerprint density at radius 3 is 2.59 bits per heavy atom. The molecule has 7 nitrogen and oxygen atoms in total. The number of rotatable bonds is 4. The molecule has 146 valence electrons. The lowest BCUT2D eigenvalue weighted by atomic mass is 9.89. The number of carbonyl (C=O) groups excluding carboxylic acids is 3. The van der Waals surface area contributed by atoms with Gasteiger partial charge in [-0.15, -0.1) is 0 Å². The summed E-state index contributed by atoms with van der Waals surface area (Å²) in [6.07, 6.45) is 1.36. The molecule has 4 rings (SSSR count). The number of hydrogen-bond donors (Lipinski definition) is 3. The molecule has 1 atom stereocenters. The second kappa shape index (κ2) is 7.59. The normalized spacial score (nSPS) is 15.2. The molecule has 0 aliphatic carbocycles. The maximum atomic E-state index is 13.5. The van der Waals surface area contributed by atoms with Crippen LogP contribution in [-0.4, -0.2) is 17.7 Å². The van der Waals surface area contributed by atoms with E-state index >= 15 is 0 Å². The van der Waals surface area contributed by atoms with Gasteiger partial charge in [0.15, 0.2) is 5.76 Å². The maximum Gasteiger partial charge on any atom is 0.291 e. The molecule has 0 spiro atoms. The zero-order valence-electron chi connectivity index (χ0n) is 15.1. The van der Waals surface area contributed by atoms with E-state index in [0.717, 1.165) is 0 Å². The standard InChI is InChI=1S/C21H16FN3O4/c22-12-6-7-15-16(11-19(26)25-17(15)9-12)20(27)23-13-3-1-4-14(10-13)24-21(28)18-5-2-8-29-18/h1-10,16H,11H2,(H,23,27)(H,24,28)(H,25,26)/t16-/m1/s1. The van der Waals surface area contributed by atoms with Crippen molar-refractivity contribution >= 4 is 34.8 Å². The molecule has 8 heteroatoms. The van der Waals surface area contributed by atoms with Gasteiger partial charge in [0.1, 0.15) is 5.82 Å². The number of carbonyl (C=O) groups is 3. The molecular weight excluding hydrogens is 377 g/mol. The van der Waals surface area contributed by atoms with Crippen LogP contribution in [0.4, 0.5) is 21.5 Å². The van der Waals surface area contributed by atoms with Gasteiger partial charge in [0.2, 0.25) is 11.8 Å². The van der Waals surface area contributed by atoms with Crippen molar-refractivity contribution in [1.29, 1.82) is 0 Å². The van der Waals surface area contributed by atoms with Crippen LogP contribution in [0.15, 0.2) is 65.3 Å². The molecule has 1 aliphatic heterocycles. The van der Waals surface area contributed by atoms with E-state index in [4.69, 9.17) is 4.42 Å². The van der Waals surface area contributed by atoms with Crippen LogP contribution in [0.25, 0.3) is 0 Å². The van der Waals surface area contributed by atoms with Gasteiger partial charge in [0.25, 0.3) is 5.91 Å². The third-order valence-corrected chi connectivity index (χ3v) is 4.50. The fourth-order valence-corrected chi connectivity index (χ4v) is 3.18. The molecule has 1 aromatic heterocycles. The molecule has 1 aliphatic rings. The van der Waals surface area contributed by atoms with Gasteiger partial charge in [-0.1, -0.05) is 12.1 Å². The van der Waals surface area contributed by atoms with Crippen molar-refractivity contribution < 1.29 is 23.2 Å². The van der Waals surface area contributed by atoms with Crippen molar-refractivity contribution in [2.24, 2.45) is 0 Å². The van der Waals surface area contributed by atoms with Crippen LogP contribution in [0, 0.1) is 5.82 Å². The Labute approximate surface area is 164 Å². The summed E-state index contributed by atoms with van der Waals surface area (Å²) in [5.74, 6) is -2.26. The van der Waals surface area contributed by atoms with Crippen molar-refractivity contribution in [2.75, 3.05) is 16.0 Å². The largest absolute Gasteiger partial charge is 0.459 e. The van der Waals surface area contributed by atoms with Crippen LogP contribution in [0.3, 0.4) is 0 Å². The van der Waals surface area contributed by atoms with Gasteiger partial charge in [-0.3, -0.25) is 14.4 Å². The van der Waals surface area contributed by atoms with Gasteiger partial charge in [-0.25, -0.2) is 4.39 Å². The smallest absolute Gasteiger partial charge is 0.291 e. The number of nitrogens with one attached hydrogen (secondary N) is 3. The van der Waals surface area contributed by atoms with Gasteiger partial charge in [0, 0.05) is 23.5 Å². The Morgan fingerprint density at radius 1 is 1.03 bits per heavy atom. The van der Waals surface area contributed by atoms with Gasteiger partial charge in [0.05, 0.1) is 12.2 Å². The highest BCUT2D eigenvalue weighted by Gasteiger charge is 2.31. The molecule has 0 saturated heterocycles. The predicted molar refractivity (Wildman–Crippen MR) is 104 cm³/mol. The van der Waals surface area contributed by atoms with Crippen molar-refractivity contribution in [2.45, 2.75) is 12.3 Å². The highest BCUT2D eigenvalue weighted by molar-refractivity contribution is 6.06. The number of benzene rings is 2. The second-order valence-corrected chi connectivity index (χ2v) is 6.54. The number of amides is 3. The van der Waals surface area contributed by atoms with Crippen LogP contribution >= 0.6 is 0 Å². The molecule has 0 radical (unpaired) electrons. The maximum absolute atomic E-state index is 13.5. The van der Waals surface area contributed by atoms with Crippen LogP contribution in [-0.2, 0) is 9.59 Å². The molecule has 29 heavy (non-hydrogen) atoms. The fourth-order valence-electron chi connectivity index (χ4n) is 3.18. The highest BCUT2D eigenvalue weighted by Crippen LogP contribution is 2.33. The number of halogens is 1. The third-order valence-electron chi connectivity index (χ3n) is 4.50. The first kappa shape index (κ1) is 18.4. The molecule has 0 bridgehead atoms. The van der Waals surface area contributed by atoms with Gasteiger partial charge >= 0.3 is 0 Å². The quantitative estimate of drug-likeness (QED) is 0.629. The van der Waals surface area contributed by atoms with E-state index in [9.17, 15) is 18.8 Å². The third kappa shape index (κ3) is 4.01. The minimum atomic E-state index is -0.749. The Morgan fingerprint density at radius 2 is 1.83 bits per heavy atom. The van der Waals surface area contributed by atoms with E-state index in [0.29, 0.717) is 22.6 Å². The van der Waals surface area contributed by atoms with Crippen molar-refractivity contribution in [3.8, 4) is 0 Å². The van der Waals surface area contributed by atoms with Gasteiger partial charge in [-0.05, 0) is 48.0 Å². The lowest BCUT2D eigenvalue weighted by Gasteiger charge is -2.25. The lowest BCUT2D eigenvalue weighted by Crippen LogP contribution is -2.30. The Kier molecular flexibility index (Phi) is 4.82. The summed E-state index contributed by atoms with van der Waals surface area (Å²) in [6.45, 7) is 0. The van der Waals surface area contributed by atoms with Gasteiger partial charge in [-0.2, -0.15) is 0 Å². The summed E-state index contributed by atoms with van der Waals surface area (Å²) < 4.78 is 18.5. The molecule has 0 fully saturated rings. The zero-order chi connectivity index (χ0) is 20.4. The van der Waals surface area contributed by atoms with Crippen molar-refractivity contribution in [3.63, 3.8) is 0 Å². The molecule has 0 unspecified atom stereocenters. The van der Waals surface area contributed by atoms with Crippen LogP contribution in [0.2, 0.25) is 0 Å². The molecule has 2 heterocycles. The first-order chi connectivity index (χ1) is 14.0. The summed E-state index contributed by atoms with van der Waals surface area (Å²) in [6, 6.07) is 13.7. The number of anilines is 3. The Balaban J connectivity index is 1.50. The minimum absolute atomic E-state index is 0.0423. The predicted octanol–water partition coefficient (Wildman–Crippen LogP) is 3.74. The summed E-state index contributed by atoms with van der Waals surface area (Å²) in [5.41, 5.74) is 1.75. The first-order valence-corrected chi connectivity index (χ1v) is 8.85. The molecular formula is C21H16FN3O4. The monoisotopic (exact) mass is 393 g/mol. The Hall–Kier alpha value is -3.94. The van der Waals surface area contributed by atoms with Gasteiger partial charge < -0.3 is 20.4 Å². The second-order valence-electron chi connectivity index (χ2n) is 6.54. The van der Waals surface area contributed by atoms with E-state index in [-0.39, 0.29) is 18.1 Å². The van der Waals surface area contributed by atoms with Crippen LogP contribution in [0.1, 0.15) is 28.5 Å². The van der Waals surface area contributed by atoms with E-state index in [1.807, 2.05) is 0 Å². The van der Waals surface area contributed by atoms with E-state index < -0.39 is 23.5 Å². The van der Waals surface area contributed by atoms with E-state index in [2.05, 4.69) is 16.0 Å². The average molecular weight is 393 g/mol.